The van der Waals surface area contributed by atoms with E-state index in [0.29, 0.717) is 0 Å². The van der Waals surface area contributed by atoms with Crippen LogP contribution in [0.2, 0.25) is 0 Å². The number of nitrogens with zero attached hydrogens (tertiary/aromatic N) is 1. The Hall–Kier alpha value is -0.710. The Morgan fingerprint density at radius 1 is 1.47 bits per heavy atom. The minimum atomic E-state index is 0.125. The molecule has 0 aliphatic carbocycles. The molecule has 2 N–H and O–H groups in total. The number of aromatic nitrogens is 1. The molecule has 0 amide bonds. The molecule has 0 fully saturated rings. The maximum Gasteiger partial charge on any atom is 0.0794 e. The summed E-state index contributed by atoms with van der Waals surface area (Å²) in [6, 6.07) is 2.30. The molecule has 0 aliphatic heterocycles. The fourth-order valence-electron chi connectivity index (χ4n) is 1.62. The number of thiazole rings is 1. The van der Waals surface area contributed by atoms with Crippen LogP contribution in [0.25, 0.3) is 0 Å². The van der Waals surface area contributed by atoms with Gasteiger partial charge in [-0.05, 0) is 23.4 Å². The summed E-state index contributed by atoms with van der Waals surface area (Å²) in [5, 5.41) is 2.13. The van der Waals surface area contributed by atoms with Crippen molar-refractivity contribution in [3.63, 3.8) is 0 Å². The first kappa shape index (κ1) is 10.8. The average Bonchev–Trinajstić information content (AvgIpc) is 2.86. The van der Waals surface area contributed by atoms with Gasteiger partial charge in [-0.1, -0.05) is 6.92 Å². The smallest absolute Gasteiger partial charge is 0.0794 e. The second kappa shape index (κ2) is 4.88. The molecule has 0 saturated heterocycles. The van der Waals surface area contributed by atoms with Crippen LogP contribution in [0.5, 0.6) is 0 Å². The van der Waals surface area contributed by atoms with E-state index in [4.69, 9.17) is 5.73 Å². The number of rotatable bonds is 4. The molecule has 2 rings (SSSR count). The third kappa shape index (κ3) is 2.45. The lowest BCUT2D eigenvalue weighted by molar-refractivity contribution is 0.735. The first-order chi connectivity index (χ1) is 7.31. The zero-order chi connectivity index (χ0) is 10.7. The van der Waals surface area contributed by atoms with Crippen molar-refractivity contribution in [2.75, 3.05) is 0 Å². The second-order valence-electron chi connectivity index (χ2n) is 3.44. The van der Waals surface area contributed by atoms with Gasteiger partial charge >= 0.3 is 0 Å². The first-order valence-corrected chi connectivity index (χ1v) is 6.76. The lowest BCUT2D eigenvalue weighted by Crippen LogP contribution is -2.12. The molecule has 0 aliphatic rings. The highest BCUT2D eigenvalue weighted by molar-refractivity contribution is 7.10. The molecule has 2 nitrogen and oxygen atoms in total. The van der Waals surface area contributed by atoms with Gasteiger partial charge < -0.3 is 5.73 Å². The summed E-state index contributed by atoms with van der Waals surface area (Å²) in [4.78, 5) is 6.65. The van der Waals surface area contributed by atoms with Crippen molar-refractivity contribution >= 4 is 22.7 Å². The van der Waals surface area contributed by atoms with Crippen LogP contribution >= 0.6 is 22.7 Å². The topological polar surface area (TPSA) is 38.9 Å². The largest absolute Gasteiger partial charge is 0.323 e. The van der Waals surface area contributed by atoms with Crippen LogP contribution in [0.4, 0.5) is 0 Å². The zero-order valence-electron chi connectivity index (χ0n) is 8.64. The van der Waals surface area contributed by atoms with E-state index >= 15 is 0 Å². The predicted octanol–water partition coefficient (Wildman–Crippen LogP) is 3.01. The molecule has 1 unspecified atom stereocenters. The Bertz CT molecular complexity index is 406. The summed E-state index contributed by atoms with van der Waals surface area (Å²) in [5.74, 6) is 0. The zero-order valence-corrected chi connectivity index (χ0v) is 10.3. The van der Waals surface area contributed by atoms with Crippen LogP contribution in [-0.4, -0.2) is 4.98 Å². The predicted molar refractivity (Wildman–Crippen MR) is 66.4 cm³/mol. The minimum absolute atomic E-state index is 0.125. The number of hydrogen-bond acceptors (Lipinski definition) is 4. The fourth-order valence-corrected chi connectivity index (χ4v) is 3.27. The van der Waals surface area contributed by atoms with Crippen molar-refractivity contribution in [2.45, 2.75) is 25.8 Å². The molecule has 2 aromatic rings. The SMILES string of the molecule is CCc1ccsc1C(N)Cc1cncs1. The van der Waals surface area contributed by atoms with Crippen molar-refractivity contribution in [2.24, 2.45) is 5.73 Å². The van der Waals surface area contributed by atoms with Crippen molar-refractivity contribution in [3.8, 4) is 0 Å². The van der Waals surface area contributed by atoms with Gasteiger partial charge in [-0.3, -0.25) is 4.98 Å². The summed E-state index contributed by atoms with van der Waals surface area (Å²) in [5.41, 5.74) is 9.44. The molecule has 0 radical (unpaired) electrons. The van der Waals surface area contributed by atoms with Crippen LogP contribution < -0.4 is 5.73 Å². The number of aryl methyl sites for hydroxylation is 1. The summed E-state index contributed by atoms with van der Waals surface area (Å²) in [6.45, 7) is 2.17. The third-order valence-corrected chi connectivity index (χ3v) is 4.30. The maximum absolute atomic E-state index is 6.20. The average molecular weight is 238 g/mol. The van der Waals surface area contributed by atoms with E-state index in [1.807, 2.05) is 11.7 Å². The van der Waals surface area contributed by atoms with E-state index in [-0.39, 0.29) is 6.04 Å². The Labute approximate surface area is 97.8 Å². The highest BCUT2D eigenvalue weighted by Gasteiger charge is 2.12. The third-order valence-electron chi connectivity index (χ3n) is 2.40. The monoisotopic (exact) mass is 238 g/mol. The Kier molecular flexibility index (Phi) is 3.51. The highest BCUT2D eigenvalue weighted by Crippen LogP contribution is 2.26. The van der Waals surface area contributed by atoms with Gasteiger partial charge in [-0.25, -0.2) is 0 Å². The van der Waals surface area contributed by atoms with E-state index in [9.17, 15) is 0 Å². The highest BCUT2D eigenvalue weighted by atomic mass is 32.1. The molecule has 0 spiro atoms. The molecular formula is C11H14N2S2. The van der Waals surface area contributed by atoms with Crippen LogP contribution in [0.3, 0.4) is 0 Å². The molecule has 1 atom stereocenters. The van der Waals surface area contributed by atoms with Crippen molar-refractivity contribution in [3.05, 3.63) is 38.5 Å². The molecule has 4 heteroatoms. The lowest BCUT2D eigenvalue weighted by atomic mass is 10.1. The van der Waals surface area contributed by atoms with Gasteiger partial charge in [-0.15, -0.1) is 22.7 Å². The molecule has 0 saturated carbocycles. The molecule has 2 heterocycles. The van der Waals surface area contributed by atoms with Gasteiger partial charge in [0.05, 0.1) is 5.51 Å². The summed E-state index contributed by atoms with van der Waals surface area (Å²) in [7, 11) is 0. The van der Waals surface area contributed by atoms with Crippen LogP contribution in [-0.2, 0) is 12.8 Å². The Morgan fingerprint density at radius 3 is 3.00 bits per heavy atom. The molecular weight excluding hydrogens is 224 g/mol. The second-order valence-corrected chi connectivity index (χ2v) is 5.36. The van der Waals surface area contributed by atoms with Gasteiger partial charge in [0.15, 0.2) is 0 Å². The normalized spacial score (nSPS) is 12.9. The van der Waals surface area contributed by atoms with Gasteiger partial charge in [0, 0.05) is 28.4 Å². The summed E-state index contributed by atoms with van der Waals surface area (Å²) >= 11 is 3.44. The van der Waals surface area contributed by atoms with Crippen LogP contribution in [0.1, 0.15) is 28.3 Å². The van der Waals surface area contributed by atoms with E-state index in [1.54, 1.807) is 22.7 Å². The molecule has 0 aromatic carbocycles. The van der Waals surface area contributed by atoms with E-state index in [1.165, 1.54) is 15.3 Å². The summed E-state index contributed by atoms with van der Waals surface area (Å²) < 4.78 is 0. The first-order valence-electron chi connectivity index (χ1n) is 5.00. The Morgan fingerprint density at radius 2 is 2.33 bits per heavy atom. The van der Waals surface area contributed by atoms with Crippen molar-refractivity contribution in [1.82, 2.24) is 4.98 Å². The molecule has 0 bridgehead atoms. The van der Waals surface area contributed by atoms with Crippen molar-refractivity contribution < 1.29 is 0 Å². The van der Waals surface area contributed by atoms with Crippen LogP contribution in [0.15, 0.2) is 23.2 Å². The standard InChI is InChI=1S/C11H14N2S2/c1-2-8-3-4-14-11(8)10(12)5-9-6-13-7-15-9/h3-4,6-7,10H,2,5,12H2,1H3. The van der Waals surface area contributed by atoms with E-state index in [0.717, 1.165) is 12.8 Å². The van der Waals surface area contributed by atoms with E-state index in [2.05, 4.69) is 23.4 Å². The van der Waals surface area contributed by atoms with Gasteiger partial charge in [0.25, 0.3) is 0 Å². The fraction of sp³-hybridized carbons (Fsp3) is 0.364. The number of thiophene rings is 1. The van der Waals surface area contributed by atoms with Gasteiger partial charge in [-0.2, -0.15) is 0 Å². The molecule has 2 aromatic heterocycles. The quantitative estimate of drug-likeness (QED) is 0.889. The molecule has 80 valence electrons. The van der Waals surface area contributed by atoms with Gasteiger partial charge in [0.1, 0.15) is 0 Å². The molecule has 15 heavy (non-hydrogen) atoms. The number of hydrogen-bond donors (Lipinski definition) is 1. The number of nitrogens with two attached hydrogens (primary N) is 1. The Balaban J connectivity index is 2.11. The minimum Gasteiger partial charge on any atom is -0.323 e. The summed E-state index contributed by atoms with van der Waals surface area (Å²) in [6.07, 6.45) is 3.87. The van der Waals surface area contributed by atoms with Crippen molar-refractivity contribution in [1.29, 1.82) is 0 Å². The maximum atomic E-state index is 6.20. The lowest BCUT2D eigenvalue weighted by Gasteiger charge is -2.10. The van der Waals surface area contributed by atoms with E-state index < -0.39 is 0 Å². The van der Waals surface area contributed by atoms with Crippen LogP contribution in [0, 0.1) is 0 Å². The van der Waals surface area contributed by atoms with Gasteiger partial charge in [0.2, 0.25) is 0 Å².